The van der Waals surface area contributed by atoms with E-state index >= 15 is 0 Å². The van der Waals surface area contributed by atoms with Crippen LogP contribution in [0.2, 0.25) is 0 Å². The van der Waals surface area contributed by atoms with Gasteiger partial charge in [-0.3, -0.25) is 0 Å². The molecule has 1 fully saturated rings. The average molecular weight is 291 g/mol. The highest BCUT2D eigenvalue weighted by Gasteiger charge is 2.48. The fourth-order valence-corrected chi connectivity index (χ4v) is 2.76. The van der Waals surface area contributed by atoms with Crippen LogP contribution in [0.25, 0.3) is 0 Å². The molecule has 1 aromatic rings. The molecule has 21 heavy (non-hydrogen) atoms. The molecule has 1 saturated heterocycles. The summed E-state index contributed by atoms with van der Waals surface area (Å²) in [5.74, 6) is 0. The van der Waals surface area contributed by atoms with Crippen LogP contribution in [0.5, 0.6) is 0 Å². The van der Waals surface area contributed by atoms with Crippen molar-refractivity contribution in [3.63, 3.8) is 0 Å². The Balaban J connectivity index is 2.28. The minimum absolute atomic E-state index is 0.0489. The Morgan fingerprint density at radius 2 is 1.43 bits per heavy atom. The Morgan fingerprint density at radius 1 is 0.905 bits per heavy atom. The van der Waals surface area contributed by atoms with Crippen molar-refractivity contribution in [2.45, 2.75) is 60.0 Å². The molecule has 0 spiro atoms. The van der Waals surface area contributed by atoms with E-state index in [1.165, 1.54) is 0 Å². The summed E-state index contributed by atoms with van der Waals surface area (Å²) in [5, 5.41) is 3.16. The Morgan fingerprint density at radius 3 is 1.86 bits per heavy atom. The van der Waals surface area contributed by atoms with Gasteiger partial charge in [0.2, 0.25) is 0 Å². The van der Waals surface area contributed by atoms with Crippen molar-refractivity contribution >= 4 is 5.69 Å². The lowest BCUT2D eigenvalue weighted by Gasteiger charge is -2.36. The molecule has 0 radical (unpaired) electrons. The Hall–Kier alpha value is -1.06. The number of benzene rings is 1. The molecule has 0 aromatic heterocycles. The summed E-state index contributed by atoms with van der Waals surface area (Å²) < 4.78 is 12.6. The lowest BCUT2D eigenvalue weighted by atomic mass is 9.76. The van der Waals surface area contributed by atoms with Gasteiger partial charge in [0, 0.05) is 18.3 Å². The third-order valence-electron chi connectivity index (χ3n) is 3.97. The van der Waals surface area contributed by atoms with Gasteiger partial charge in [-0.1, -0.05) is 53.7 Å². The zero-order chi connectivity index (χ0) is 15.8. The zero-order valence-corrected chi connectivity index (χ0v) is 14.4. The third kappa shape index (κ3) is 3.58. The van der Waals surface area contributed by atoms with E-state index in [1.54, 1.807) is 0 Å². The van der Waals surface area contributed by atoms with Gasteiger partial charge in [-0.25, -0.2) is 0 Å². The van der Waals surface area contributed by atoms with Gasteiger partial charge in [0.05, 0.1) is 12.2 Å². The van der Waals surface area contributed by atoms with Crippen molar-refractivity contribution in [2.75, 3.05) is 12.4 Å². The lowest BCUT2D eigenvalue weighted by molar-refractivity contribution is -0.0871. The van der Waals surface area contributed by atoms with E-state index in [1.807, 2.05) is 19.2 Å². The number of hydrogen-bond donors (Lipinski definition) is 1. The molecule has 2 rings (SSSR count). The fourth-order valence-electron chi connectivity index (χ4n) is 2.76. The summed E-state index contributed by atoms with van der Waals surface area (Å²) >= 11 is 0. The number of anilines is 1. The molecular weight excluding hydrogens is 262 g/mol. The Bertz CT molecular complexity index is 463. The molecule has 1 heterocycles. The lowest BCUT2D eigenvalue weighted by Crippen LogP contribution is -2.42. The van der Waals surface area contributed by atoms with Crippen molar-refractivity contribution in [1.29, 1.82) is 0 Å². The van der Waals surface area contributed by atoms with E-state index in [2.05, 4.69) is 59.0 Å². The zero-order valence-electron chi connectivity index (χ0n) is 14.4. The van der Waals surface area contributed by atoms with Gasteiger partial charge < -0.3 is 14.8 Å². The van der Waals surface area contributed by atoms with Crippen molar-refractivity contribution < 1.29 is 9.47 Å². The highest BCUT2D eigenvalue weighted by atomic mass is 16.7. The summed E-state index contributed by atoms with van der Waals surface area (Å²) in [6, 6.07) is 8.23. The third-order valence-corrected chi connectivity index (χ3v) is 3.97. The molecule has 0 aliphatic carbocycles. The highest BCUT2D eigenvalue weighted by molar-refractivity contribution is 5.45. The van der Waals surface area contributed by atoms with Crippen LogP contribution in [0.1, 0.15) is 53.4 Å². The quantitative estimate of drug-likeness (QED) is 0.863. The van der Waals surface area contributed by atoms with Crippen LogP contribution < -0.4 is 5.32 Å². The van der Waals surface area contributed by atoms with Crippen molar-refractivity contribution in [3.8, 4) is 0 Å². The molecule has 1 N–H and O–H groups in total. The smallest absolute Gasteiger partial charge is 0.184 e. The number of hydrogen-bond acceptors (Lipinski definition) is 3. The first kappa shape index (κ1) is 16.3. The second-order valence-electron chi connectivity index (χ2n) is 8.05. The maximum absolute atomic E-state index is 6.30. The number of rotatable bonds is 2. The maximum Gasteiger partial charge on any atom is 0.184 e. The van der Waals surface area contributed by atoms with Crippen LogP contribution >= 0.6 is 0 Å². The molecule has 0 amide bonds. The van der Waals surface area contributed by atoms with Crippen LogP contribution in [0.4, 0.5) is 5.69 Å². The predicted molar refractivity (Wildman–Crippen MR) is 87.4 cm³/mol. The Kier molecular flexibility index (Phi) is 4.36. The molecule has 0 saturated carbocycles. The Labute approximate surface area is 129 Å². The molecule has 3 atom stereocenters. The van der Waals surface area contributed by atoms with E-state index in [0.717, 1.165) is 11.3 Å². The molecule has 1 unspecified atom stereocenters. The first-order chi connectivity index (χ1) is 9.63. The van der Waals surface area contributed by atoms with Gasteiger partial charge in [0.15, 0.2) is 6.29 Å². The van der Waals surface area contributed by atoms with Gasteiger partial charge >= 0.3 is 0 Å². The van der Waals surface area contributed by atoms with Crippen molar-refractivity contribution in [3.05, 3.63) is 29.8 Å². The van der Waals surface area contributed by atoms with Gasteiger partial charge in [-0.15, -0.1) is 0 Å². The molecule has 1 aromatic carbocycles. The minimum Gasteiger partial charge on any atom is -0.388 e. The molecular formula is C18H29NO2. The van der Waals surface area contributed by atoms with Crippen LogP contribution in [-0.2, 0) is 9.47 Å². The van der Waals surface area contributed by atoms with Crippen LogP contribution in [0, 0.1) is 10.8 Å². The standard InChI is InChI=1S/C18H29NO2/c1-17(2,3)14-15(18(4,5)6)21-16(20-14)12-9-8-10-13(11-12)19-7/h8-11,14-16,19H,1-7H3/t14-,15+,16?. The van der Waals surface area contributed by atoms with E-state index in [9.17, 15) is 0 Å². The van der Waals surface area contributed by atoms with Crippen LogP contribution in [0.15, 0.2) is 24.3 Å². The van der Waals surface area contributed by atoms with Crippen LogP contribution in [0.3, 0.4) is 0 Å². The average Bonchev–Trinajstić information content (AvgIpc) is 2.83. The summed E-state index contributed by atoms with van der Waals surface area (Å²) in [5.41, 5.74) is 2.25. The maximum atomic E-state index is 6.30. The first-order valence-electron chi connectivity index (χ1n) is 7.71. The molecule has 1 aliphatic heterocycles. The second kappa shape index (κ2) is 5.62. The molecule has 118 valence electrons. The molecule has 1 aliphatic rings. The van der Waals surface area contributed by atoms with Gasteiger partial charge in [0.1, 0.15) is 0 Å². The normalized spacial score (nSPS) is 26.9. The number of ether oxygens (including phenoxy) is 2. The summed E-state index contributed by atoms with van der Waals surface area (Å²) in [6.07, 6.45) is -0.117. The molecule has 0 bridgehead atoms. The van der Waals surface area contributed by atoms with E-state index in [-0.39, 0.29) is 29.3 Å². The summed E-state index contributed by atoms with van der Waals surface area (Å²) in [4.78, 5) is 0. The van der Waals surface area contributed by atoms with Gasteiger partial charge in [-0.2, -0.15) is 0 Å². The fraction of sp³-hybridized carbons (Fsp3) is 0.667. The van der Waals surface area contributed by atoms with Crippen molar-refractivity contribution in [2.24, 2.45) is 10.8 Å². The van der Waals surface area contributed by atoms with Crippen LogP contribution in [-0.4, -0.2) is 19.3 Å². The van der Waals surface area contributed by atoms with E-state index in [4.69, 9.17) is 9.47 Å². The van der Waals surface area contributed by atoms with E-state index < -0.39 is 0 Å². The van der Waals surface area contributed by atoms with E-state index in [0.29, 0.717) is 0 Å². The topological polar surface area (TPSA) is 30.5 Å². The van der Waals surface area contributed by atoms with Gasteiger partial charge in [-0.05, 0) is 23.0 Å². The summed E-state index contributed by atoms with van der Waals surface area (Å²) in [7, 11) is 1.92. The largest absolute Gasteiger partial charge is 0.388 e. The SMILES string of the molecule is CNc1cccc(C2O[C@@H](C(C)(C)C)[C@@H](C(C)(C)C)O2)c1. The monoisotopic (exact) mass is 291 g/mol. The van der Waals surface area contributed by atoms with Gasteiger partial charge in [0.25, 0.3) is 0 Å². The highest BCUT2D eigenvalue weighted by Crippen LogP contribution is 2.45. The second-order valence-corrected chi connectivity index (χ2v) is 8.05. The van der Waals surface area contributed by atoms with Crippen molar-refractivity contribution in [1.82, 2.24) is 0 Å². The first-order valence-corrected chi connectivity index (χ1v) is 7.71. The minimum atomic E-state index is -0.285. The molecule has 3 heteroatoms. The summed E-state index contributed by atoms with van der Waals surface area (Å²) in [6.45, 7) is 13.3. The number of nitrogens with one attached hydrogen (secondary N) is 1. The predicted octanol–water partition coefficient (Wildman–Crippen LogP) is 4.60. The molecule has 3 nitrogen and oxygen atoms in total.